The summed E-state index contributed by atoms with van der Waals surface area (Å²) in [5, 5.41) is 3.31. The van der Waals surface area contributed by atoms with Gasteiger partial charge in [0.2, 0.25) is 0 Å². The topological polar surface area (TPSA) is 32.3 Å². The molecule has 1 aromatic rings. The molecule has 1 atom stereocenters. The van der Waals surface area contributed by atoms with E-state index < -0.39 is 0 Å². The van der Waals surface area contributed by atoms with Crippen LogP contribution < -0.4 is 5.32 Å². The molecule has 1 heterocycles. The highest BCUT2D eigenvalue weighted by Gasteiger charge is 2.25. The second kappa shape index (κ2) is 5.76. The van der Waals surface area contributed by atoms with Crippen LogP contribution in [0.1, 0.15) is 22.8 Å². The number of rotatable bonds is 2. The third-order valence-electron chi connectivity index (χ3n) is 3.44. The fourth-order valence-corrected chi connectivity index (χ4v) is 2.70. The Labute approximate surface area is 113 Å². The second-order valence-electron chi connectivity index (χ2n) is 4.73. The van der Waals surface area contributed by atoms with Gasteiger partial charge in [-0.2, -0.15) is 0 Å². The predicted molar refractivity (Wildman–Crippen MR) is 76.3 cm³/mol. The molecule has 0 spiro atoms. The van der Waals surface area contributed by atoms with Crippen LogP contribution in [0.15, 0.2) is 23.1 Å². The first-order valence-electron chi connectivity index (χ1n) is 6.30. The summed E-state index contributed by atoms with van der Waals surface area (Å²) in [5.41, 5.74) is 1.90. The van der Waals surface area contributed by atoms with Crippen molar-refractivity contribution in [3.63, 3.8) is 0 Å². The zero-order chi connectivity index (χ0) is 13.1. The fraction of sp³-hybridized carbons (Fsp3) is 0.500. The van der Waals surface area contributed by atoms with E-state index in [4.69, 9.17) is 0 Å². The van der Waals surface area contributed by atoms with Gasteiger partial charge in [-0.1, -0.05) is 6.07 Å². The van der Waals surface area contributed by atoms with Crippen LogP contribution in [0.2, 0.25) is 0 Å². The van der Waals surface area contributed by atoms with Crippen LogP contribution in [-0.4, -0.2) is 42.7 Å². The van der Waals surface area contributed by atoms with Gasteiger partial charge in [0.1, 0.15) is 0 Å². The standard InChI is InChI=1S/C14H20N2OS/c1-10-4-5-12(18-3)8-13(10)14(17)16-7-6-15-9-11(16)2/h4-5,8,11,15H,6-7,9H2,1-3H3/t11-/m1/s1. The average molecular weight is 264 g/mol. The molecule has 98 valence electrons. The molecule has 2 rings (SSSR count). The van der Waals surface area contributed by atoms with E-state index in [1.54, 1.807) is 11.8 Å². The normalized spacial score (nSPS) is 19.9. The molecule has 1 amide bonds. The molecule has 4 heteroatoms. The molecule has 0 bridgehead atoms. The molecule has 0 aromatic heterocycles. The van der Waals surface area contributed by atoms with Gasteiger partial charge in [0, 0.05) is 36.1 Å². The first-order chi connectivity index (χ1) is 8.63. The molecule has 1 fully saturated rings. The predicted octanol–water partition coefficient (Wildman–Crippen LogP) is 2.15. The number of hydrogen-bond donors (Lipinski definition) is 1. The summed E-state index contributed by atoms with van der Waals surface area (Å²) in [6, 6.07) is 6.38. The highest BCUT2D eigenvalue weighted by Crippen LogP contribution is 2.21. The van der Waals surface area contributed by atoms with Crippen LogP contribution in [0.25, 0.3) is 0 Å². The molecule has 0 unspecified atom stereocenters. The Hall–Kier alpha value is -1.00. The van der Waals surface area contributed by atoms with Gasteiger partial charge in [0.05, 0.1) is 0 Å². The van der Waals surface area contributed by atoms with Crippen molar-refractivity contribution in [3.05, 3.63) is 29.3 Å². The van der Waals surface area contributed by atoms with Crippen LogP contribution in [0.3, 0.4) is 0 Å². The van der Waals surface area contributed by atoms with Gasteiger partial charge in [-0.05, 0) is 37.8 Å². The van der Waals surface area contributed by atoms with Gasteiger partial charge in [-0.25, -0.2) is 0 Å². The Morgan fingerprint density at radius 1 is 1.50 bits per heavy atom. The van der Waals surface area contributed by atoms with Crippen molar-refractivity contribution in [2.75, 3.05) is 25.9 Å². The largest absolute Gasteiger partial charge is 0.333 e. The number of aryl methyl sites for hydroxylation is 1. The van der Waals surface area contributed by atoms with Crippen molar-refractivity contribution in [3.8, 4) is 0 Å². The number of piperazine rings is 1. The van der Waals surface area contributed by atoms with Gasteiger partial charge >= 0.3 is 0 Å². The number of carbonyl (C=O) groups excluding carboxylic acids is 1. The van der Waals surface area contributed by atoms with Crippen molar-refractivity contribution in [1.29, 1.82) is 0 Å². The first-order valence-corrected chi connectivity index (χ1v) is 7.52. The molecule has 1 aliphatic heterocycles. The minimum Gasteiger partial charge on any atom is -0.333 e. The van der Waals surface area contributed by atoms with Crippen LogP contribution in [0.5, 0.6) is 0 Å². The number of thioether (sulfide) groups is 1. The van der Waals surface area contributed by atoms with Crippen LogP contribution in [0, 0.1) is 6.92 Å². The summed E-state index contributed by atoms with van der Waals surface area (Å²) in [6.45, 7) is 6.66. The molecule has 1 aliphatic rings. The van der Waals surface area contributed by atoms with Gasteiger partial charge < -0.3 is 10.2 Å². The molecule has 0 radical (unpaired) electrons. The number of nitrogens with one attached hydrogen (secondary N) is 1. The van der Waals surface area contributed by atoms with Crippen molar-refractivity contribution < 1.29 is 4.79 Å². The van der Waals surface area contributed by atoms with E-state index in [1.807, 2.05) is 30.2 Å². The number of hydrogen-bond acceptors (Lipinski definition) is 3. The van der Waals surface area contributed by atoms with Crippen molar-refractivity contribution >= 4 is 17.7 Å². The fourth-order valence-electron chi connectivity index (χ4n) is 2.26. The lowest BCUT2D eigenvalue weighted by atomic mass is 10.1. The Balaban J connectivity index is 2.27. The summed E-state index contributed by atoms with van der Waals surface area (Å²) < 4.78 is 0. The van der Waals surface area contributed by atoms with E-state index in [2.05, 4.69) is 18.3 Å². The maximum absolute atomic E-state index is 12.6. The summed E-state index contributed by atoms with van der Waals surface area (Å²) in [6.07, 6.45) is 2.03. The lowest BCUT2D eigenvalue weighted by Crippen LogP contribution is -2.52. The molecule has 1 saturated heterocycles. The summed E-state index contributed by atoms with van der Waals surface area (Å²) in [5.74, 6) is 0.164. The maximum atomic E-state index is 12.6. The Kier molecular flexibility index (Phi) is 4.30. The third kappa shape index (κ3) is 2.70. The smallest absolute Gasteiger partial charge is 0.254 e. The van der Waals surface area contributed by atoms with Gasteiger partial charge in [-0.3, -0.25) is 4.79 Å². The maximum Gasteiger partial charge on any atom is 0.254 e. The van der Waals surface area contributed by atoms with E-state index in [9.17, 15) is 4.79 Å². The zero-order valence-electron chi connectivity index (χ0n) is 11.2. The number of benzene rings is 1. The monoisotopic (exact) mass is 264 g/mol. The van der Waals surface area contributed by atoms with E-state index >= 15 is 0 Å². The minimum absolute atomic E-state index is 0.164. The molecule has 1 N–H and O–H groups in total. The van der Waals surface area contributed by atoms with Crippen LogP contribution in [0.4, 0.5) is 0 Å². The van der Waals surface area contributed by atoms with E-state index in [0.717, 1.165) is 35.7 Å². The lowest BCUT2D eigenvalue weighted by Gasteiger charge is -2.34. The molecule has 1 aromatic carbocycles. The number of nitrogens with zero attached hydrogens (tertiary/aromatic N) is 1. The molecular weight excluding hydrogens is 244 g/mol. The van der Waals surface area contributed by atoms with Crippen LogP contribution in [-0.2, 0) is 0 Å². The Bertz CT molecular complexity index is 447. The van der Waals surface area contributed by atoms with Gasteiger partial charge in [0.15, 0.2) is 0 Å². The molecule has 3 nitrogen and oxygen atoms in total. The zero-order valence-corrected chi connectivity index (χ0v) is 12.0. The molecule has 0 aliphatic carbocycles. The van der Waals surface area contributed by atoms with E-state index in [0.29, 0.717) is 0 Å². The number of carbonyl (C=O) groups is 1. The summed E-state index contributed by atoms with van der Waals surface area (Å²) in [4.78, 5) is 15.7. The van der Waals surface area contributed by atoms with Crippen molar-refractivity contribution in [1.82, 2.24) is 10.2 Å². The van der Waals surface area contributed by atoms with E-state index in [-0.39, 0.29) is 11.9 Å². The Morgan fingerprint density at radius 3 is 2.94 bits per heavy atom. The summed E-state index contributed by atoms with van der Waals surface area (Å²) in [7, 11) is 0. The minimum atomic E-state index is 0.164. The first kappa shape index (κ1) is 13.4. The number of amides is 1. The lowest BCUT2D eigenvalue weighted by molar-refractivity contribution is 0.0655. The van der Waals surface area contributed by atoms with Crippen LogP contribution >= 0.6 is 11.8 Å². The van der Waals surface area contributed by atoms with Crippen molar-refractivity contribution in [2.24, 2.45) is 0 Å². The SMILES string of the molecule is CSc1ccc(C)c(C(=O)N2CCNC[C@H]2C)c1. The second-order valence-corrected chi connectivity index (χ2v) is 5.61. The summed E-state index contributed by atoms with van der Waals surface area (Å²) >= 11 is 1.67. The highest BCUT2D eigenvalue weighted by molar-refractivity contribution is 7.98. The van der Waals surface area contributed by atoms with Gasteiger partial charge in [-0.15, -0.1) is 11.8 Å². The molecule has 0 saturated carbocycles. The van der Waals surface area contributed by atoms with Crippen molar-refractivity contribution in [2.45, 2.75) is 24.8 Å². The molecular formula is C14H20N2OS. The third-order valence-corrected chi connectivity index (χ3v) is 4.16. The Morgan fingerprint density at radius 2 is 2.28 bits per heavy atom. The average Bonchev–Trinajstić information content (AvgIpc) is 2.39. The highest BCUT2D eigenvalue weighted by atomic mass is 32.2. The van der Waals surface area contributed by atoms with Gasteiger partial charge in [0.25, 0.3) is 5.91 Å². The molecule has 18 heavy (non-hydrogen) atoms. The van der Waals surface area contributed by atoms with E-state index in [1.165, 1.54) is 0 Å². The quantitative estimate of drug-likeness (QED) is 0.831.